The van der Waals surface area contributed by atoms with Crippen molar-refractivity contribution < 1.29 is 0 Å². The van der Waals surface area contributed by atoms with Gasteiger partial charge in [-0.15, -0.1) is 0 Å². The van der Waals surface area contributed by atoms with Gasteiger partial charge in [0.05, 0.1) is 11.6 Å². The number of rotatable bonds is 0. The molecule has 14 heavy (non-hydrogen) atoms. The Morgan fingerprint density at radius 3 is 2.29 bits per heavy atom. The third kappa shape index (κ3) is 2.80. The SMILES string of the molecule is CC.CC.Cn1ncc2cncnc21. The van der Waals surface area contributed by atoms with E-state index in [1.54, 1.807) is 17.1 Å². The Morgan fingerprint density at radius 1 is 1.07 bits per heavy atom. The Hall–Kier alpha value is -1.45. The van der Waals surface area contributed by atoms with Crippen LogP contribution in [0.1, 0.15) is 27.7 Å². The third-order valence-electron chi connectivity index (χ3n) is 1.40. The van der Waals surface area contributed by atoms with Gasteiger partial charge in [-0.2, -0.15) is 5.10 Å². The quantitative estimate of drug-likeness (QED) is 0.647. The van der Waals surface area contributed by atoms with Crippen LogP contribution in [0.25, 0.3) is 11.0 Å². The van der Waals surface area contributed by atoms with Gasteiger partial charge < -0.3 is 0 Å². The first-order valence-corrected chi connectivity index (χ1v) is 4.95. The summed E-state index contributed by atoms with van der Waals surface area (Å²) in [6, 6.07) is 0. The van der Waals surface area contributed by atoms with E-state index in [2.05, 4.69) is 15.1 Å². The largest absolute Gasteiger partial charge is 0.250 e. The van der Waals surface area contributed by atoms with E-state index < -0.39 is 0 Å². The second-order valence-electron chi connectivity index (χ2n) is 2.07. The average molecular weight is 194 g/mol. The lowest BCUT2D eigenvalue weighted by Crippen LogP contribution is -1.90. The zero-order chi connectivity index (χ0) is 11.0. The van der Waals surface area contributed by atoms with Gasteiger partial charge in [-0.3, -0.25) is 4.68 Å². The minimum atomic E-state index is 0.870. The summed E-state index contributed by atoms with van der Waals surface area (Å²) in [6.07, 6.45) is 5.01. The Labute approximate surface area is 85.0 Å². The van der Waals surface area contributed by atoms with E-state index >= 15 is 0 Å². The van der Waals surface area contributed by atoms with Gasteiger partial charge in [0.1, 0.15) is 6.33 Å². The Kier molecular flexibility index (Phi) is 6.28. The summed E-state index contributed by atoms with van der Waals surface area (Å²) >= 11 is 0. The molecule has 0 aromatic carbocycles. The van der Waals surface area contributed by atoms with Crippen LogP contribution in [0.15, 0.2) is 18.7 Å². The molecular weight excluding hydrogens is 176 g/mol. The van der Waals surface area contributed by atoms with E-state index in [1.165, 1.54) is 6.33 Å². The molecule has 0 radical (unpaired) electrons. The van der Waals surface area contributed by atoms with Crippen LogP contribution >= 0.6 is 0 Å². The van der Waals surface area contributed by atoms with Crippen LogP contribution < -0.4 is 0 Å². The second kappa shape index (κ2) is 7.00. The Balaban J connectivity index is 0.000000379. The van der Waals surface area contributed by atoms with E-state index in [0.29, 0.717) is 0 Å². The molecule has 0 unspecified atom stereocenters. The number of fused-ring (bicyclic) bond motifs is 1. The highest BCUT2D eigenvalue weighted by Crippen LogP contribution is 2.04. The smallest absolute Gasteiger partial charge is 0.160 e. The third-order valence-corrected chi connectivity index (χ3v) is 1.40. The number of hydrogen-bond acceptors (Lipinski definition) is 3. The fourth-order valence-electron chi connectivity index (χ4n) is 0.899. The maximum Gasteiger partial charge on any atom is 0.160 e. The van der Waals surface area contributed by atoms with Crippen LogP contribution in [-0.4, -0.2) is 19.7 Å². The molecule has 4 heteroatoms. The highest BCUT2D eigenvalue weighted by atomic mass is 15.3. The van der Waals surface area contributed by atoms with Crippen LogP contribution in [0.5, 0.6) is 0 Å². The van der Waals surface area contributed by atoms with Crippen molar-refractivity contribution in [3.63, 3.8) is 0 Å². The summed E-state index contributed by atoms with van der Waals surface area (Å²) in [4.78, 5) is 7.89. The first-order chi connectivity index (χ1) is 6.88. The summed E-state index contributed by atoms with van der Waals surface area (Å²) < 4.78 is 1.72. The number of nitrogens with zero attached hydrogens (tertiary/aromatic N) is 4. The molecular formula is C10H18N4. The molecule has 78 valence electrons. The molecule has 0 saturated heterocycles. The highest BCUT2D eigenvalue weighted by molar-refractivity contribution is 5.72. The lowest BCUT2D eigenvalue weighted by Gasteiger charge is -1.88. The molecule has 2 heterocycles. The average Bonchev–Trinajstić information content (AvgIpc) is 2.67. The second-order valence-corrected chi connectivity index (χ2v) is 2.07. The molecule has 0 aliphatic carbocycles. The molecule has 0 aliphatic rings. The van der Waals surface area contributed by atoms with Gasteiger partial charge in [0, 0.05) is 13.2 Å². The van der Waals surface area contributed by atoms with Gasteiger partial charge in [-0.25, -0.2) is 9.97 Å². The van der Waals surface area contributed by atoms with Gasteiger partial charge in [-0.05, 0) is 0 Å². The summed E-state index contributed by atoms with van der Waals surface area (Å²) in [5, 5.41) is 4.99. The van der Waals surface area contributed by atoms with Crippen molar-refractivity contribution in [1.29, 1.82) is 0 Å². The van der Waals surface area contributed by atoms with Gasteiger partial charge >= 0.3 is 0 Å². The summed E-state index contributed by atoms with van der Waals surface area (Å²) in [6.45, 7) is 8.00. The summed E-state index contributed by atoms with van der Waals surface area (Å²) in [5.74, 6) is 0. The van der Waals surface area contributed by atoms with E-state index in [4.69, 9.17) is 0 Å². The van der Waals surface area contributed by atoms with Crippen molar-refractivity contribution in [2.24, 2.45) is 7.05 Å². The zero-order valence-corrected chi connectivity index (χ0v) is 9.52. The fraction of sp³-hybridized carbons (Fsp3) is 0.500. The minimum absolute atomic E-state index is 0.870. The molecule has 2 aromatic heterocycles. The molecule has 0 aliphatic heterocycles. The van der Waals surface area contributed by atoms with Crippen LogP contribution in [-0.2, 0) is 7.05 Å². The molecule has 0 spiro atoms. The van der Waals surface area contributed by atoms with Crippen molar-refractivity contribution >= 4 is 11.0 Å². The zero-order valence-electron chi connectivity index (χ0n) is 9.52. The molecule has 0 fully saturated rings. The van der Waals surface area contributed by atoms with Gasteiger partial charge in [-0.1, -0.05) is 27.7 Å². The normalized spacial score (nSPS) is 8.36. The van der Waals surface area contributed by atoms with Crippen molar-refractivity contribution in [3.8, 4) is 0 Å². The van der Waals surface area contributed by atoms with Crippen molar-refractivity contribution in [2.75, 3.05) is 0 Å². The van der Waals surface area contributed by atoms with Gasteiger partial charge in [0.2, 0.25) is 0 Å². The highest BCUT2D eigenvalue weighted by Gasteiger charge is 1.96. The van der Waals surface area contributed by atoms with Gasteiger partial charge in [0.15, 0.2) is 5.65 Å². The maximum absolute atomic E-state index is 4.03. The van der Waals surface area contributed by atoms with Crippen LogP contribution in [0.4, 0.5) is 0 Å². The first-order valence-electron chi connectivity index (χ1n) is 4.95. The lowest BCUT2D eigenvalue weighted by molar-refractivity contribution is 0.785. The predicted molar refractivity (Wildman–Crippen MR) is 59.0 cm³/mol. The van der Waals surface area contributed by atoms with E-state index in [1.807, 2.05) is 34.7 Å². The van der Waals surface area contributed by atoms with Crippen molar-refractivity contribution in [2.45, 2.75) is 27.7 Å². The van der Waals surface area contributed by atoms with Gasteiger partial charge in [0.25, 0.3) is 0 Å². The minimum Gasteiger partial charge on any atom is -0.250 e. The lowest BCUT2D eigenvalue weighted by atomic mass is 10.4. The van der Waals surface area contributed by atoms with Crippen molar-refractivity contribution in [3.05, 3.63) is 18.7 Å². The Morgan fingerprint density at radius 2 is 1.71 bits per heavy atom. The van der Waals surface area contributed by atoms with E-state index in [-0.39, 0.29) is 0 Å². The molecule has 4 nitrogen and oxygen atoms in total. The molecule has 2 aromatic rings. The van der Waals surface area contributed by atoms with Crippen molar-refractivity contribution in [1.82, 2.24) is 19.7 Å². The van der Waals surface area contributed by atoms with E-state index in [9.17, 15) is 0 Å². The summed E-state index contributed by atoms with van der Waals surface area (Å²) in [5.41, 5.74) is 0.870. The van der Waals surface area contributed by atoms with Crippen LogP contribution in [0, 0.1) is 0 Å². The number of aryl methyl sites for hydroxylation is 1. The molecule has 0 N–H and O–H groups in total. The Bertz CT molecular complexity index is 354. The predicted octanol–water partition coefficient (Wildman–Crippen LogP) is 2.42. The molecule has 2 rings (SSSR count). The maximum atomic E-state index is 4.03. The number of aromatic nitrogens is 4. The summed E-state index contributed by atoms with van der Waals surface area (Å²) in [7, 11) is 1.86. The topological polar surface area (TPSA) is 43.6 Å². The molecule has 0 saturated carbocycles. The number of hydrogen-bond donors (Lipinski definition) is 0. The molecule has 0 atom stereocenters. The van der Waals surface area contributed by atoms with Crippen LogP contribution in [0.2, 0.25) is 0 Å². The standard InChI is InChI=1S/C6H6N4.2C2H6/c1-10-6-5(3-9-10)2-7-4-8-6;2*1-2/h2-4H,1H3;2*1-2H3. The van der Waals surface area contributed by atoms with E-state index in [0.717, 1.165) is 11.0 Å². The first kappa shape index (κ1) is 12.6. The molecule has 0 bridgehead atoms. The van der Waals surface area contributed by atoms with Crippen LogP contribution in [0.3, 0.4) is 0 Å². The molecule has 0 amide bonds. The fourth-order valence-corrected chi connectivity index (χ4v) is 0.899. The monoisotopic (exact) mass is 194 g/mol.